The van der Waals surface area contributed by atoms with Gasteiger partial charge in [0.1, 0.15) is 11.6 Å². The zero-order valence-electron chi connectivity index (χ0n) is 9.44. The lowest BCUT2D eigenvalue weighted by Crippen LogP contribution is -2.12. The number of carbonyl (C=O) groups excluding carboxylic acids is 1. The number of rotatable bonds is 5. The van der Waals surface area contributed by atoms with Crippen LogP contribution in [0.2, 0.25) is 0 Å². The molecule has 0 spiro atoms. The highest BCUT2D eigenvalue weighted by Gasteiger charge is 2.17. The number of Topliss-reactive ketones (excluding diaryl/α,β-unsaturated/α-hetero) is 1. The highest BCUT2D eigenvalue weighted by Crippen LogP contribution is 2.17. The normalized spacial score (nSPS) is 10.5. The third-order valence-electron chi connectivity index (χ3n) is 2.30. The van der Waals surface area contributed by atoms with Gasteiger partial charge in [0.2, 0.25) is 0 Å². The van der Waals surface area contributed by atoms with E-state index in [0.29, 0.717) is 18.5 Å². The fourth-order valence-electron chi connectivity index (χ4n) is 1.52. The molecule has 0 aromatic heterocycles. The minimum Gasteiger partial charge on any atom is -0.320 e. The van der Waals surface area contributed by atoms with Crippen LogP contribution >= 0.6 is 0 Å². The quantitative estimate of drug-likeness (QED) is 0.618. The molecule has 88 valence electrons. The van der Waals surface area contributed by atoms with Crippen LogP contribution in [0.3, 0.4) is 0 Å². The van der Waals surface area contributed by atoms with E-state index >= 15 is 0 Å². The summed E-state index contributed by atoms with van der Waals surface area (Å²) in [5.74, 6) is -2.02. The predicted octanol–water partition coefficient (Wildman–Crippen LogP) is 2.46. The van der Waals surface area contributed by atoms with Gasteiger partial charge in [-0.15, -0.1) is 0 Å². The second-order valence-electron chi connectivity index (χ2n) is 3.73. The van der Waals surface area contributed by atoms with Gasteiger partial charge in [0.25, 0.3) is 0 Å². The Kier molecular flexibility index (Phi) is 4.55. The number of hydrogen-bond acceptors (Lipinski definition) is 2. The molecule has 16 heavy (non-hydrogen) atoms. The summed E-state index contributed by atoms with van der Waals surface area (Å²) in [6.45, 7) is 2.24. The zero-order chi connectivity index (χ0) is 12.1. The first kappa shape index (κ1) is 12.8. The van der Waals surface area contributed by atoms with Gasteiger partial charge in [-0.05, 0) is 44.6 Å². The van der Waals surface area contributed by atoms with Crippen molar-refractivity contribution in [2.45, 2.75) is 19.8 Å². The van der Waals surface area contributed by atoms with Gasteiger partial charge in [-0.25, -0.2) is 8.78 Å². The van der Waals surface area contributed by atoms with Crippen molar-refractivity contribution in [3.63, 3.8) is 0 Å². The van der Waals surface area contributed by atoms with Crippen molar-refractivity contribution >= 4 is 5.78 Å². The molecule has 0 aliphatic rings. The first-order chi connectivity index (χ1) is 7.56. The van der Waals surface area contributed by atoms with Crippen LogP contribution in [0.1, 0.15) is 28.8 Å². The first-order valence-corrected chi connectivity index (χ1v) is 5.19. The van der Waals surface area contributed by atoms with Gasteiger partial charge in [0.15, 0.2) is 5.78 Å². The summed E-state index contributed by atoms with van der Waals surface area (Å²) in [7, 11) is 1.76. The molecule has 0 bridgehead atoms. The van der Waals surface area contributed by atoms with E-state index in [2.05, 4.69) is 5.32 Å². The van der Waals surface area contributed by atoms with Crippen molar-refractivity contribution < 1.29 is 13.6 Å². The predicted molar refractivity (Wildman–Crippen MR) is 58.6 cm³/mol. The van der Waals surface area contributed by atoms with E-state index in [1.165, 1.54) is 12.1 Å². The Morgan fingerprint density at radius 1 is 1.31 bits per heavy atom. The summed E-state index contributed by atoms with van der Waals surface area (Å²) in [6, 6.07) is 2.35. The van der Waals surface area contributed by atoms with Gasteiger partial charge in [0, 0.05) is 6.42 Å². The van der Waals surface area contributed by atoms with Crippen molar-refractivity contribution in [1.29, 1.82) is 0 Å². The van der Waals surface area contributed by atoms with Crippen LogP contribution in [0.4, 0.5) is 8.78 Å². The number of nitrogens with one attached hydrogen (secondary N) is 1. The number of hydrogen-bond donors (Lipinski definition) is 1. The second kappa shape index (κ2) is 5.70. The Hall–Kier alpha value is -1.29. The number of ketones is 1. The molecular weight excluding hydrogens is 212 g/mol. The highest BCUT2D eigenvalue weighted by atomic mass is 19.1. The van der Waals surface area contributed by atoms with Crippen LogP contribution in [-0.4, -0.2) is 19.4 Å². The summed E-state index contributed by atoms with van der Waals surface area (Å²) in [5.41, 5.74) is 0.0588. The van der Waals surface area contributed by atoms with E-state index < -0.39 is 23.0 Å². The average molecular weight is 227 g/mol. The molecule has 1 aromatic rings. The van der Waals surface area contributed by atoms with Gasteiger partial charge < -0.3 is 5.32 Å². The van der Waals surface area contributed by atoms with Gasteiger partial charge in [-0.2, -0.15) is 0 Å². The Morgan fingerprint density at radius 2 is 1.88 bits per heavy atom. The van der Waals surface area contributed by atoms with E-state index in [1.54, 1.807) is 14.0 Å². The Labute approximate surface area is 93.7 Å². The van der Waals surface area contributed by atoms with Crippen LogP contribution in [0.5, 0.6) is 0 Å². The van der Waals surface area contributed by atoms with Crippen LogP contribution in [-0.2, 0) is 0 Å². The van der Waals surface area contributed by atoms with E-state index in [4.69, 9.17) is 0 Å². The van der Waals surface area contributed by atoms with E-state index in [9.17, 15) is 13.6 Å². The van der Waals surface area contributed by atoms with E-state index in [1.807, 2.05) is 0 Å². The molecular formula is C12H15F2NO. The topological polar surface area (TPSA) is 29.1 Å². The summed E-state index contributed by atoms with van der Waals surface area (Å²) in [4.78, 5) is 11.6. The lowest BCUT2D eigenvalue weighted by atomic mass is 10.0. The molecule has 0 heterocycles. The lowest BCUT2D eigenvalue weighted by molar-refractivity contribution is 0.0972. The summed E-state index contributed by atoms with van der Waals surface area (Å²) in [5, 5.41) is 2.87. The number of carbonyl (C=O) groups is 1. The lowest BCUT2D eigenvalue weighted by Gasteiger charge is -2.05. The zero-order valence-corrected chi connectivity index (χ0v) is 9.44. The third-order valence-corrected chi connectivity index (χ3v) is 2.30. The maximum atomic E-state index is 13.4. The SMILES string of the molecule is CNCCCC(=O)c1c(F)cc(C)cc1F. The van der Waals surface area contributed by atoms with E-state index in [0.717, 1.165) is 0 Å². The van der Waals surface area contributed by atoms with Gasteiger partial charge >= 0.3 is 0 Å². The largest absolute Gasteiger partial charge is 0.320 e. The second-order valence-corrected chi connectivity index (χ2v) is 3.73. The van der Waals surface area contributed by atoms with Crippen LogP contribution in [0, 0.1) is 18.6 Å². The van der Waals surface area contributed by atoms with Crippen molar-refractivity contribution in [2.75, 3.05) is 13.6 Å². The molecule has 0 fully saturated rings. The molecule has 1 N–H and O–H groups in total. The van der Waals surface area contributed by atoms with Crippen molar-refractivity contribution in [1.82, 2.24) is 5.32 Å². The standard InChI is InChI=1S/C12H15F2NO/c1-8-6-9(13)12(10(14)7-8)11(16)4-3-5-15-2/h6-7,15H,3-5H2,1-2H3. The first-order valence-electron chi connectivity index (χ1n) is 5.19. The Balaban J connectivity index is 2.83. The molecule has 0 atom stereocenters. The van der Waals surface area contributed by atoms with Gasteiger partial charge in [-0.1, -0.05) is 0 Å². The Bertz CT molecular complexity index is 368. The molecule has 1 aromatic carbocycles. The Morgan fingerprint density at radius 3 is 2.38 bits per heavy atom. The van der Waals surface area contributed by atoms with Crippen LogP contribution in [0.15, 0.2) is 12.1 Å². The summed E-state index contributed by atoms with van der Waals surface area (Å²) in [6.07, 6.45) is 0.722. The monoisotopic (exact) mass is 227 g/mol. The maximum absolute atomic E-state index is 13.4. The molecule has 0 unspecified atom stereocenters. The number of aryl methyl sites for hydroxylation is 1. The number of halogens is 2. The fraction of sp³-hybridized carbons (Fsp3) is 0.417. The van der Waals surface area contributed by atoms with E-state index in [-0.39, 0.29) is 6.42 Å². The van der Waals surface area contributed by atoms with Crippen molar-refractivity contribution in [3.8, 4) is 0 Å². The molecule has 0 saturated carbocycles. The van der Waals surface area contributed by atoms with Crippen molar-refractivity contribution in [3.05, 3.63) is 34.9 Å². The highest BCUT2D eigenvalue weighted by molar-refractivity contribution is 5.96. The molecule has 0 aliphatic carbocycles. The van der Waals surface area contributed by atoms with Crippen LogP contribution in [0.25, 0.3) is 0 Å². The number of benzene rings is 1. The molecule has 0 aliphatic heterocycles. The molecule has 0 radical (unpaired) electrons. The summed E-state index contributed by atoms with van der Waals surface area (Å²) >= 11 is 0. The summed E-state index contributed by atoms with van der Waals surface area (Å²) < 4.78 is 26.8. The average Bonchev–Trinajstić information content (AvgIpc) is 2.16. The van der Waals surface area contributed by atoms with Gasteiger partial charge in [-0.3, -0.25) is 4.79 Å². The fourth-order valence-corrected chi connectivity index (χ4v) is 1.52. The molecule has 0 amide bonds. The molecule has 1 rings (SSSR count). The minimum atomic E-state index is -0.771. The van der Waals surface area contributed by atoms with Crippen LogP contribution < -0.4 is 5.32 Å². The minimum absolute atomic E-state index is 0.151. The molecule has 4 heteroatoms. The smallest absolute Gasteiger partial charge is 0.168 e. The molecule has 0 saturated heterocycles. The van der Waals surface area contributed by atoms with Crippen molar-refractivity contribution in [2.24, 2.45) is 0 Å². The molecule has 2 nitrogen and oxygen atoms in total. The van der Waals surface area contributed by atoms with Gasteiger partial charge in [0.05, 0.1) is 5.56 Å². The maximum Gasteiger partial charge on any atom is 0.168 e. The third kappa shape index (κ3) is 3.10.